The zero-order valence-electron chi connectivity index (χ0n) is 15.8. The van der Waals surface area contributed by atoms with Crippen molar-refractivity contribution in [3.8, 4) is 5.75 Å². The van der Waals surface area contributed by atoms with Crippen LogP contribution in [0.25, 0.3) is 6.08 Å². The minimum absolute atomic E-state index is 0.0525. The second-order valence-corrected chi connectivity index (χ2v) is 7.35. The molecular weight excluding hydrogens is 348 g/mol. The van der Waals surface area contributed by atoms with E-state index in [4.69, 9.17) is 16.3 Å². The maximum atomic E-state index is 12.5. The molecule has 0 N–H and O–H groups in total. The fraction of sp³-hybridized carbons (Fsp3) is 0.381. The monoisotopic (exact) mass is 372 g/mol. The van der Waals surface area contributed by atoms with Crippen molar-refractivity contribution in [2.45, 2.75) is 39.3 Å². The summed E-state index contributed by atoms with van der Waals surface area (Å²) in [6.07, 6.45) is 6.05. The fourth-order valence-corrected chi connectivity index (χ4v) is 3.55. The van der Waals surface area contributed by atoms with Crippen molar-refractivity contribution in [3.63, 3.8) is 0 Å². The topological polar surface area (TPSA) is 34.5 Å². The van der Waals surface area contributed by atoms with Crippen molar-refractivity contribution in [2.75, 3.05) is 14.2 Å². The van der Waals surface area contributed by atoms with Crippen molar-refractivity contribution >= 4 is 23.6 Å². The van der Waals surface area contributed by atoms with Crippen molar-refractivity contribution in [1.29, 1.82) is 0 Å². The molecule has 0 unspecified atom stereocenters. The van der Waals surface area contributed by atoms with E-state index < -0.39 is 0 Å². The fourth-order valence-electron chi connectivity index (χ4n) is 3.36. The summed E-state index contributed by atoms with van der Waals surface area (Å²) in [5, 5.41) is 0.629. The normalized spacial score (nSPS) is 14.0. The molecule has 0 spiro atoms. The van der Waals surface area contributed by atoms with Gasteiger partial charge in [0.25, 0.3) is 0 Å². The first kappa shape index (κ1) is 18.6. The van der Waals surface area contributed by atoms with Crippen LogP contribution in [0.2, 0.25) is 5.02 Å². The van der Waals surface area contributed by atoms with Crippen LogP contribution in [-0.4, -0.2) is 29.5 Å². The first-order chi connectivity index (χ1) is 12.4. The lowest BCUT2D eigenvalue weighted by molar-refractivity contribution is -0.125. The molecule has 1 aromatic heterocycles. The smallest absolute Gasteiger partial charge is 0.246 e. The number of nitrogens with zero attached hydrogens (tertiary/aromatic N) is 2. The van der Waals surface area contributed by atoms with Gasteiger partial charge in [0.15, 0.2) is 0 Å². The zero-order chi connectivity index (χ0) is 18.8. The molecule has 3 rings (SSSR count). The van der Waals surface area contributed by atoms with Crippen LogP contribution in [0, 0.1) is 13.8 Å². The van der Waals surface area contributed by atoms with Gasteiger partial charge in [0, 0.05) is 47.7 Å². The molecule has 5 heteroatoms. The number of halogens is 1. The van der Waals surface area contributed by atoms with Crippen LogP contribution < -0.4 is 4.74 Å². The molecule has 0 atom stereocenters. The van der Waals surface area contributed by atoms with E-state index in [1.54, 1.807) is 31.2 Å². The largest absolute Gasteiger partial charge is 0.496 e. The van der Waals surface area contributed by atoms with Gasteiger partial charge in [-0.3, -0.25) is 4.79 Å². The second kappa shape index (κ2) is 7.58. The number of carbonyl (C=O) groups is 1. The second-order valence-electron chi connectivity index (χ2n) is 6.91. The van der Waals surface area contributed by atoms with Crippen molar-refractivity contribution in [2.24, 2.45) is 0 Å². The van der Waals surface area contributed by atoms with Gasteiger partial charge in [-0.15, -0.1) is 0 Å². The highest BCUT2D eigenvalue weighted by atomic mass is 35.5. The Morgan fingerprint density at radius 1 is 1.35 bits per heavy atom. The number of hydrogen-bond acceptors (Lipinski definition) is 2. The lowest BCUT2D eigenvalue weighted by Gasteiger charge is -2.17. The van der Waals surface area contributed by atoms with Crippen molar-refractivity contribution in [1.82, 2.24) is 9.47 Å². The predicted molar refractivity (Wildman–Crippen MR) is 106 cm³/mol. The minimum atomic E-state index is -0.0525. The molecule has 4 nitrogen and oxygen atoms in total. The number of benzene rings is 1. The summed E-state index contributed by atoms with van der Waals surface area (Å²) in [5.41, 5.74) is 4.48. The molecule has 1 aliphatic rings. The van der Waals surface area contributed by atoms with Gasteiger partial charge in [0.2, 0.25) is 5.91 Å². The summed E-state index contributed by atoms with van der Waals surface area (Å²) >= 11 is 6.07. The maximum absolute atomic E-state index is 12.5. The third kappa shape index (κ3) is 3.96. The molecule has 1 heterocycles. The number of methoxy groups -OCH3 is 1. The Kier molecular flexibility index (Phi) is 5.42. The Morgan fingerprint density at radius 3 is 2.73 bits per heavy atom. The molecule has 1 saturated carbocycles. The summed E-state index contributed by atoms with van der Waals surface area (Å²) in [5.74, 6) is 0.675. The molecule has 0 saturated heterocycles. The average molecular weight is 373 g/mol. The average Bonchev–Trinajstić information content (AvgIpc) is 3.39. The van der Waals surface area contributed by atoms with Gasteiger partial charge in [-0.1, -0.05) is 11.6 Å². The van der Waals surface area contributed by atoms with Crippen LogP contribution in [0.3, 0.4) is 0 Å². The lowest BCUT2D eigenvalue weighted by Crippen LogP contribution is -2.24. The number of likely N-dealkylation sites (N-methyl/N-ethyl adjacent to an activating group) is 1. The Morgan fingerprint density at radius 2 is 2.08 bits per heavy atom. The van der Waals surface area contributed by atoms with Crippen molar-refractivity contribution < 1.29 is 9.53 Å². The summed E-state index contributed by atoms with van der Waals surface area (Å²) in [6.45, 7) is 4.69. The van der Waals surface area contributed by atoms with Gasteiger partial charge in [-0.25, -0.2) is 0 Å². The van der Waals surface area contributed by atoms with Crippen LogP contribution in [0.15, 0.2) is 30.3 Å². The van der Waals surface area contributed by atoms with E-state index in [2.05, 4.69) is 24.5 Å². The summed E-state index contributed by atoms with van der Waals surface area (Å²) in [7, 11) is 3.39. The van der Waals surface area contributed by atoms with Crippen LogP contribution in [0.5, 0.6) is 5.75 Å². The zero-order valence-corrected chi connectivity index (χ0v) is 16.5. The van der Waals surface area contributed by atoms with Crippen LogP contribution >= 0.6 is 11.6 Å². The molecule has 1 fully saturated rings. The van der Waals surface area contributed by atoms with Gasteiger partial charge < -0.3 is 14.2 Å². The first-order valence-corrected chi connectivity index (χ1v) is 9.22. The predicted octanol–water partition coefficient (Wildman–Crippen LogP) is 4.77. The Balaban J connectivity index is 1.71. The highest BCUT2D eigenvalue weighted by Crippen LogP contribution is 2.38. The minimum Gasteiger partial charge on any atom is -0.496 e. The van der Waals surface area contributed by atoms with Gasteiger partial charge >= 0.3 is 0 Å². The first-order valence-electron chi connectivity index (χ1n) is 8.84. The molecule has 2 aromatic rings. The standard InChI is InChI=1S/C21H25ClN2O2/c1-14-11-16(15(2)24(14)19-7-8-19)5-10-21(25)23(3)13-17-12-18(22)6-9-20(17)26-4/h5-6,9-12,19H,7-8,13H2,1-4H3/b10-5+. The molecule has 26 heavy (non-hydrogen) atoms. The van der Waals surface area contributed by atoms with Crippen LogP contribution in [0.4, 0.5) is 0 Å². The third-order valence-corrected chi connectivity index (χ3v) is 5.10. The molecule has 1 amide bonds. The van der Waals surface area contributed by atoms with Crippen molar-refractivity contribution in [3.05, 3.63) is 57.9 Å². The van der Waals surface area contributed by atoms with E-state index in [9.17, 15) is 4.79 Å². The van der Waals surface area contributed by atoms with E-state index in [-0.39, 0.29) is 5.91 Å². The Hall–Kier alpha value is -2.20. The molecule has 1 aromatic carbocycles. The highest BCUT2D eigenvalue weighted by molar-refractivity contribution is 6.30. The van der Waals surface area contributed by atoms with Gasteiger partial charge in [0.1, 0.15) is 5.75 Å². The van der Waals surface area contributed by atoms with E-state index in [1.165, 1.54) is 24.2 Å². The highest BCUT2D eigenvalue weighted by Gasteiger charge is 2.26. The van der Waals surface area contributed by atoms with Gasteiger partial charge in [-0.2, -0.15) is 0 Å². The lowest BCUT2D eigenvalue weighted by atomic mass is 10.2. The number of aryl methyl sites for hydroxylation is 1. The summed E-state index contributed by atoms with van der Waals surface area (Å²) < 4.78 is 7.73. The quantitative estimate of drug-likeness (QED) is 0.684. The van der Waals surface area contributed by atoms with Crippen LogP contribution in [-0.2, 0) is 11.3 Å². The van der Waals surface area contributed by atoms with E-state index in [1.807, 2.05) is 18.2 Å². The molecule has 0 aliphatic heterocycles. The third-order valence-electron chi connectivity index (χ3n) is 4.87. The number of hydrogen-bond donors (Lipinski definition) is 0. The number of carbonyl (C=O) groups excluding carboxylic acids is 1. The Labute approximate surface area is 160 Å². The summed E-state index contributed by atoms with van der Waals surface area (Å²) in [4.78, 5) is 14.2. The summed E-state index contributed by atoms with van der Waals surface area (Å²) in [6, 6.07) is 8.22. The maximum Gasteiger partial charge on any atom is 0.246 e. The van der Waals surface area contributed by atoms with Gasteiger partial charge in [-0.05, 0) is 62.6 Å². The SMILES string of the molecule is COc1ccc(Cl)cc1CN(C)C(=O)/C=C/c1cc(C)n(C2CC2)c1C. The van der Waals surface area contributed by atoms with Gasteiger partial charge in [0.05, 0.1) is 7.11 Å². The number of ether oxygens (including phenoxy) is 1. The molecular formula is C21H25ClN2O2. The Bertz CT molecular complexity index is 850. The van der Waals surface area contributed by atoms with Crippen LogP contribution in [0.1, 0.15) is 41.4 Å². The number of aromatic nitrogens is 1. The van der Waals surface area contributed by atoms with E-state index >= 15 is 0 Å². The molecule has 0 radical (unpaired) electrons. The molecule has 0 bridgehead atoms. The number of amides is 1. The number of rotatable bonds is 6. The molecule has 1 aliphatic carbocycles. The molecule has 138 valence electrons. The van der Waals surface area contributed by atoms with E-state index in [0.717, 1.165) is 16.9 Å². The van der Waals surface area contributed by atoms with E-state index in [0.29, 0.717) is 17.6 Å².